The minimum Gasteiger partial charge on any atom is -0.458 e. The highest BCUT2D eigenvalue weighted by Crippen LogP contribution is 2.35. The molecular weight excluding hydrogens is 709 g/mol. The van der Waals surface area contributed by atoms with E-state index in [0.29, 0.717) is 33.9 Å². The maximum absolute atomic E-state index is 8.97. The number of imidazole rings is 1. The minimum atomic E-state index is -0.569. The molecule has 2 heterocycles. The summed E-state index contributed by atoms with van der Waals surface area (Å²) in [7, 11) is 0. The van der Waals surface area contributed by atoms with Crippen LogP contribution in [0.1, 0.15) is 13.7 Å². The van der Waals surface area contributed by atoms with Crippen LogP contribution < -0.4 is 9.30 Å². The van der Waals surface area contributed by atoms with Crippen molar-refractivity contribution in [2.24, 2.45) is 0 Å². The van der Waals surface area contributed by atoms with E-state index in [9.17, 15) is 0 Å². The molecule has 5 heteroatoms. The molecule has 0 radical (unpaired) electrons. The second-order valence-corrected chi connectivity index (χ2v) is 13.3. The van der Waals surface area contributed by atoms with E-state index in [4.69, 9.17) is 18.4 Å². The maximum Gasteiger partial charge on any atom is 0.269 e. The highest BCUT2D eigenvalue weighted by molar-refractivity contribution is 5.84. The van der Waals surface area contributed by atoms with Gasteiger partial charge in [0.2, 0.25) is 0 Å². The summed E-state index contributed by atoms with van der Waals surface area (Å²) >= 11 is 0. The lowest BCUT2D eigenvalue weighted by Crippen LogP contribution is -2.31. The maximum atomic E-state index is 8.97. The molecule has 0 aliphatic rings. The molecule has 0 saturated heterocycles. The molecule has 0 amide bonds. The van der Waals surface area contributed by atoms with Gasteiger partial charge in [0.25, 0.3) is 6.33 Å². The molecule has 58 heavy (non-hydrogen) atoms. The Hall–Kier alpha value is -7.89. The lowest BCUT2D eigenvalue weighted by Gasteiger charge is -2.17. The topological polar surface area (TPSA) is 43.8 Å². The largest absolute Gasteiger partial charge is 0.458 e. The first-order valence-corrected chi connectivity index (χ1v) is 18.5. The van der Waals surface area contributed by atoms with Gasteiger partial charge < -0.3 is 4.74 Å². The number of ether oxygens (including phenoxy) is 1. The Kier molecular flexibility index (Phi) is 6.69. The average molecular weight is 755 g/mol. The third-order valence-corrected chi connectivity index (χ3v) is 9.76. The number of para-hydroxylation sites is 3. The molecule has 0 aliphatic heterocycles. The monoisotopic (exact) mass is 754 g/mol. The zero-order chi connectivity index (χ0) is 47.4. The standard InChI is InChI=1S/C53H36N4O/c1-4-15-38(16-5-1)39-29-31-42(32-30-39)49-35-50(55-36-54-49)43-21-12-23-45(33-43)58-46-24-13-22-44(34-46)56-37-57(52-28-11-10-27-51(52)56)53-47(40-17-6-2-7-18-40)25-14-26-48(53)41-19-8-3-9-20-41/h1-36H/i2D,3D,6D,7D,8D,9D,17D,18D,19D,20D. The van der Waals surface area contributed by atoms with Crippen molar-refractivity contribution >= 4 is 11.0 Å². The van der Waals surface area contributed by atoms with Crippen molar-refractivity contribution in [2.75, 3.05) is 0 Å². The van der Waals surface area contributed by atoms with E-state index >= 15 is 0 Å². The van der Waals surface area contributed by atoms with Gasteiger partial charge in [0.05, 0.1) is 47.5 Å². The number of benzene rings is 8. The molecule has 0 unspecified atom stereocenters. The zero-order valence-corrected chi connectivity index (χ0v) is 30.7. The van der Waals surface area contributed by atoms with Crippen molar-refractivity contribution in [1.82, 2.24) is 14.5 Å². The lowest BCUT2D eigenvalue weighted by atomic mass is 9.95. The van der Waals surface area contributed by atoms with Gasteiger partial charge in [0, 0.05) is 11.1 Å². The normalized spacial score (nSPS) is 13.5. The Morgan fingerprint density at radius 1 is 0.483 bits per heavy atom. The number of fused-ring (bicyclic) bond motifs is 1. The van der Waals surface area contributed by atoms with Crippen LogP contribution in [0.15, 0.2) is 218 Å². The summed E-state index contributed by atoms with van der Waals surface area (Å²) in [4.78, 5) is 9.14. The van der Waals surface area contributed by atoms with Crippen LogP contribution in [0.2, 0.25) is 0 Å². The third-order valence-electron chi connectivity index (χ3n) is 9.76. The molecule has 5 nitrogen and oxygen atoms in total. The summed E-state index contributed by atoms with van der Waals surface area (Å²) in [5.74, 6) is 1.05. The summed E-state index contributed by atoms with van der Waals surface area (Å²) in [5.41, 5.74) is 7.55. The Morgan fingerprint density at radius 3 is 1.78 bits per heavy atom. The third kappa shape index (κ3) is 6.82. The molecular formula is C53H36N4O. The van der Waals surface area contributed by atoms with Crippen molar-refractivity contribution in [2.45, 2.75) is 0 Å². The van der Waals surface area contributed by atoms with Crippen LogP contribution in [0.4, 0.5) is 0 Å². The van der Waals surface area contributed by atoms with Gasteiger partial charge in [-0.15, -0.1) is 0 Å². The summed E-state index contributed by atoms with van der Waals surface area (Å²) in [6.45, 7) is 0. The molecule has 10 rings (SSSR count). The number of rotatable bonds is 9. The first-order valence-electron chi connectivity index (χ1n) is 23.5. The molecule has 0 bridgehead atoms. The van der Waals surface area contributed by atoms with Crippen molar-refractivity contribution in [3.8, 4) is 78.8 Å². The minimum absolute atomic E-state index is 0.133. The van der Waals surface area contributed by atoms with Crippen LogP contribution in [0, 0.1) is 6.33 Å². The van der Waals surface area contributed by atoms with E-state index in [1.807, 2.05) is 109 Å². The average Bonchev–Trinajstić information content (AvgIpc) is 3.76. The quantitative estimate of drug-likeness (QED) is 0.109. The van der Waals surface area contributed by atoms with Gasteiger partial charge in [-0.2, -0.15) is 0 Å². The van der Waals surface area contributed by atoms with Gasteiger partial charge in [-0.05, 0) is 69.8 Å². The molecule has 8 aromatic carbocycles. The summed E-state index contributed by atoms with van der Waals surface area (Å²) < 4.78 is 96.4. The zero-order valence-electron chi connectivity index (χ0n) is 40.7. The van der Waals surface area contributed by atoms with Crippen LogP contribution in [-0.2, 0) is 0 Å². The smallest absolute Gasteiger partial charge is 0.269 e. The van der Waals surface area contributed by atoms with Gasteiger partial charge in [-0.25, -0.2) is 9.97 Å². The Balaban J connectivity index is 1.05. The molecule has 274 valence electrons. The van der Waals surface area contributed by atoms with E-state index in [2.05, 4.69) is 40.6 Å². The van der Waals surface area contributed by atoms with Gasteiger partial charge in [0.1, 0.15) is 17.8 Å². The summed E-state index contributed by atoms with van der Waals surface area (Å²) in [5, 5.41) is 0. The number of aromatic nitrogens is 4. The molecule has 0 N–H and O–H groups in total. The second kappa shape index (κ2) is 15.3. The van der Waals surface area contributed by atoms with E-state index in [0.717, 1.165) is 27.9 Å². The van der Waals surface area contributed by atoms with Crippen molar-refractivity contribution < 1.29 is 23.0 Å². The van der Waals surface area contributed by atoms with Crippen LogP contribution in [0.25, 0.3) is 78.3 Å². The van der Waals surface area contributed by atoms with Crippen LogP contribution in [0.3, 0.4) is 0 Å². The summed E-state index contributed by atoms with van der Waals surface area (Å²) in [6.07, 6.45) is 4.96. The number of hydrogen-bond donors (Lipinski definition) is 0. The molecule has 0 fully saturated rings. The molecule has 2 aromatic heterocycles. The van der Waals surface area contributed by atoms with Crippen molar-refractivity contribution in [1.29, 1.82) is 0 Å². The van der Waals surface area contributed by atoms with Gasteiger partial charge in [-0.3, -0.25) is 9.13 Å². The Labute approximate surface area is 351 Å². The van der Waals surface area contributed by atoms with Gasteiger partial charge in [-0.1, -0.05) is 176 Å². The first-order chi connectivity index (χ1) is 32.9. The summed E-state index contributed by atoms with van der Waals surface area (Å²) in [6, 6.07) is 42.2. The molecule has 0 atom stereocenters. The first kappa shape index (κ1) is 25.3. The van der Waals surface area contributed by atoms with Crippen LogP contribution in [-0.4, -0.2) is 14.5 Å². The predicted octanol–water partition coefficient (Wildman–Crippen LogP) is 12.6. The lowest BCUT2D eigenvalue weighted by molar-refractivity contribution is -0.571. The van der Waals surface area contributed by atoms with E-state index in [1.54, 1.807) is 33.7 Å². The number of hydrogen-bond acceptors (Lipinski definition) is 3. The SMILES string of the molecule is [2H]c1c([2H])c([2H])c(-c2cccc(-c3c([2H])c([2H])c([2H])c([2H])c3[2H])c2-[n+]2[c-]n(-c3cccc(Oc4cccc(-c5cc(-c6ccc(-c7ccccc7)cc6)ncn5)c4)c3)c3ccccc32)c([2H])c1[2H]. The highest BCUT2D eigenvalue weighted by Gasteiger charge is 2.19. The molecule has 0 aliphatic carbocycles. The molecule has 0 saturated carbocycles. The van der Waals surface area contributed by atoms with Crippen LogP contribution >= 0.6 is 0 Å². The molecule has 10 aromatic rings. The van der Waals surface area contributed by atoms with E-state index in [-0.39, 0.29) is 27.9 Å². The van der Waals surface area contributed by atoms with Crippen molar-refractivity contribution in [3.63, 3.8) is 0 Å². The number of nitrogens with zero attached hydrogens (tertiary/aromatic N) is 4. The predicted molar refractivity (Wildman–Crippen MR) is 233 cm³/mol. The van der Waals surface area contributed by atoms with Crippen molar-refractivity contribution in [3.05, 3.63) is 225 Å². The van der Waals surface area contributed by atoms with Gasteiger partial charge in [0.15, 0.2) is 0 Å². The van der Waals surface area contributed by atoms with Gasteiger partial charge >= 0.3 is 0 Å². The van der Waals surface area contributed by atoms with Crippen LogP contribution in [0.5, 0.6) is 11.5 Å². The highest BCUT2D eigenvalue weighted by atomic mass is 16.5. The Bertz CT molecular complexity index is 3470. The fraction of sp³-hybridized carbons (Fsp3) is 0. The fourth-order valence-corrected chi connectivity index (χ4v) is 7.05. The fourth-order valence-electron chi connectivity index (χ4n) is 7.05. The second-order valence-electron chi connectivity index (χ2n) is 13.3. The Morgan fingerprint density at radius 2 is 1.05 bits per heavy atom. The van der Waals surface area contributed by atoms with E-state index < -0.39 is 60.4 Å². The van der Waals surface area contributed by atoms with E-state index in [1.165, 1.54) is 0 Å². The molecule has 0 spiro atoms.